The molecule has 1 aromatic heterocycles. The zero-order valence-electron chi connectivity index (χ0n) is 22.0. The Kier molecular flexibility index (Phi) is 7.99. The molecule has 3 aromatic rings. The van der Waals surface area contributed by atoms with Gasteiger partial charge in [-0.2, -0.15) is 0 Å². The second-order valence-electron chi connectivity index (χ2n) is 10.2. The van der Waals surface area contributed by atoms with Crippen LogP contribution in [0.4, 0.5) is 0 Å². The molecular formula is C27H34N4O4S2. The van der Waals surface area contributed by atoms with Crippen molar-refractivity contribution in [2.75, 3.05) is 30.9 Å². The van der Waals surface area contributed by atoms with Gasteiger partial charge in [0.15, 0.2) is 20.8 Å². The highest BCUT2D eigenvalue weighted by Crippen LogP contribution is 2.31. The second kappa shape index (κ2) is 10.9. The summed E-state index contributed by atoms with van der Waals surface area (Å²) in [6.45, 7) is 8.87. The van der Waals surface area contributed by atoms with Crippen LogP contribution in [-0.2, 0) is 20.0 Å². The Morgan fingerprint density at radius 1 is 1.11 bits per heavy atom. The van der Waals surface area contributed by atoms with Crippen LogP contribution >= 0.6 is 11.8 Å². The third-order valence-electron chi connectivity index (χ3n) is 6.61. The maximum Gasteiger partial charge on any atom is 0.233 e. The standard InChI is InChI=1S/C27H34N4O4S2/c1-6-30(22-15-16-37(33,34)18-22)24(32)17-36-26-29-28-25(19-7-9-20(10-8-19)27(2,3)4)31(26)21-11-13-23(35-5)14-12-21/h7-14,22H,6,15-18H2,1-5H3. The van der Waals surface area contributed by atoms with Crippen molar-refractivity contribution in [1.29, 1.82) is 0 Å². The largest absolute Gasteiger partial charge is 0.497 e. The SMILES string of the molecule is CCN(C(=O)CSc1nnc(-c2ccc(C(C)(C)C)cc2)n1-c1ccc(OC)cc1)C1CCS(=O)(=O)C1. The number of thioether (sulfide) groups is 1. The summed E-state index contributed by atoms with van der Waals surface area (Å²) in [7, 11) is -1.45. The number of nitrogens with zero attached hydrogens (tertiary/aromatic N) is 4. The summed E-state index contributed by atoms with van der Waals surface area (Å²) in [5.41, 5.74) is 3.03. The van der Waals surface area contributed by atoms with E-state index < -0.39 is 9.84 Å². The molecule has 4 rings (SSSR count). The predicted molar refractivity (Wildman–Crippen MR) is 147 cm³/mol. The summed E-state index contributed by atoms with van der Waals surface area (Å²) in [6, 6.07) is 15.7. The first-order valence-corrected chi connectivity index (χ1v) is 15.2. The summed E-state index contributed by atoms with van der Waals surface area (Å²) in [5, 5.41) is 9.52. The summed E-state index contributed by atoms with van der Waals surface area (Å²) >= 11 is 1.30. The molecular weight excluding hydrogens is 508 g/mol. The average molecular weight is 543 g/mol. The van der Waals surface area contributed by atoms with Gasteiger partial charge < -0.3 is 9.64 Å². The number of hydrogen-bond donors (Lipinski definition) is 0. The molecule has 1 saturated heterocycles. The van der Waals surface area contributed by atoms with Crippen molar-refractivity contribution in [3.05, 3.63) is 54.1 Å². The molecule has 0 spiro atoms. The first-order chi connectivity index (χ1) is 17.5. The van der Waals surface area contributed by atoms with Crippen molar-refractivity contribution < 1.29 is 17.9 Å². The number of aromatic nitrogens is 3. The summed E-state index contributed by atoms with van der Waals surface area (Å²) in [4.78, 5) is 14.8. The zero-order chi connectivity index (χ0) is 26.8. The normalized spacial score (nSPS) is 17.1. The topological polar surface area (TPSA) is 94.4 Å². The van der Waals surface area contributed by atoms with Gasteiger partial charge in [0.1, 0.15) is 5.75 Å². The number of benzene rings is 2. The molecule has 1 aliphatic rings. The van der Waals surface area contributed by atoms with Gasteiger partial charge in [0.25, 0.3) is 0 Å². The molecule has 1 unspecified atom stereocenters. The lowest BCUT2D eigenvalue weighted by Gasteiger charge is -2.26. The number of ether oxygens (including phenoxy) is 1. The van der Waals surface area contributed by atoms with E-state index >= 15 is 0 Å². The van der Waals surface area contributed by atoms with Gasteiger partial charge in [0, 0.05) is 23.8 Å². The van der Waals surface area contributed by atoms with Gasteiger partial charge in [0.2, 0.25) is 5.91 Å². The van der Waals surface area contributed by atoms with E-state index in [0.29, 0.717) is 23.9 Å². The highest BCUT2D eigenvalue weighted by molar-refractivity contribution is 7.99. The van der Waals surface area contributed by atoms with Gasteiger partial charge in [-0.05, 0) is 48.6 Å². The molecule has 1 fully saturated rings. The van der Waals surface area contributed by atoms with Gasteiger partial charge in [0.05, 0.1) is 24.4 Å². The van der Waals surface area contributed by atoms with Crippen LogP contribution in [0.1, 0.15) is 39.7 Å². The van der Waals surface area contributed by atoms with E-state index in [1.54, 1.807) is 12.0 Å². The van der Waals surface area contributed by atoms with Crippen molar-refractivity contribution >= 4 is 27.5 Å². The number of methoxy groups -OCH3 is 1. The van der Waals surface area contributed by atoms with Gasteiger partial charge in [-0.1, -0.05) is 56.8 Å². The molecule has 0 bridgehead atoms. The van der Waals surface area contributed by atoms with Crippen LogP contribution in [0.15, 0.2) is 53.7 Å². The Morgan fingerprint density at radius 2 is 1.78 bits per heavy atom. The molecule has 0 radical (unpaired) electrons. The van der Waals surface area contributed by atoms with Crippen LogP contribution < -0.4 is 4.74 Å². The summed E-state index contributed by atoms with van der Waals surface area (Å²) in [6.07, 6.45) is 0.489. The molecule has 2 heterocycles. The number of amides is 1. The molecule has 0 aliphatic carbocycles. The van der Waals surface area contributed by atoms with Gasteiger partial charge in [-0.3, -0.25) is 9.36 Å². The molecule has 0 N–H and O–H groups in total. The Labute approximate surface area is 223 Å². The predicted octanol–water partition coefficient (Wildman–Crippen LogP) is 4.37. The van der Waals surface area contributed by atoms with E-state index in [4.69, 9.17) is 4.74 Å². The van der Waals surface area contributed by atoms with Crippen LogP contribution in [0.25, 0.3) is 17.1 Å². The molecule has 0 saturated carbocycles. The van der Waals surface area contributed by atoms with Crippen LogP contribution in [0.2, 0.25) is 0 Å². The minimum absolute atomic E-state index is 0.0351. The number of carbonyl (C=O) groups excluding carboxylic acids is 1. The van der Waals surface area contributed by atoms with E-state index in [0.717, 1.165) is 17.0 Å². The molecule has 10 heteroatoms. The fourth-order valence-corrected chi connectivity index (χ4v) is 7.07. The van der Waals surface area contributed by atoms with E-state index in [2.05, 4.69) is 43.1 Å². The highest BCUT2D eigenvalue weighted by Gasteiger charge is 2.34. The van der Waals surface area contributed by atoms with Crippen LogP contribution in [0, 0.1) is 0 Å². The lowest BCUT2D eigenvalue weighted by atomic mass is 9.87. The van der Waals surface area contributed by atoms with Crippen molar-refractivity contribution in [3.8, 4) is 22.8 Å². The molecule has 8 nitrogen and oxygen atoms in total. The lowest BCUT2D eigenvalue weighted by Crippen LogP contribution is -2.42. The Balaban J connectivity index is 1.63. The number of carbonyl (C=O) groups is 1. The molecule has 1 amide bonds. The van der Waals surface area contributed by atoms with Crippen molar-refractivity contribution in [2.24, 2.45) is 0 Å². The fraction of sp³-hybridized carbons (Fsp3) is 0.444. The Morgan fingerprint density at radius 3 is 2.32 bits per heavy atom. The first kappa shape index (κ1) is 27.2. The Bertz CT molecular complexity index is 1340. The maximum atomic E-state index is 13.1. The molecule has 198 valence electrons. The van der Waals surface area contributed by atoms with E-state index in [-0.39, 0.29) is 34.6 Å². The third kappa shape index (κ3) is 6.18. The van der Waals surface area contributed by atoms with Gasteiger partial charge >= 0.3 is 0 Å². The number of hydrogen-bond acceptors (Lipinski definition) is 7. The van der Waals surface area contributed by atoms with Crippen molar-refractivity contribution in [2.45, 2.75) is 50.7 Å². The summed E-state index contributed by atoms with van der Waals surface area (Å²) < 4.78 is 31.2. The van der Waals surface area contributed by atoms with Crippen molar-refractivity contribution in [3.63, 3.8) is 0 Å². The van der Waals surface area contributed by atoms with E-state index in [9.17, 15) is 13.2 Å². The minimum atomic E-state index is -3.08. The zero-order valence-corrected chi connectivity index (χ0v) is 23.6. The molecule has 2 aromatic carbocycles. The van der Waals surface area contributed by atoms with E-state index in [1.165, 1.54) is 17.3 Å². The van der Waals surface area contributed by atoms with Crippen LogP contribution in [0.3, 0.4) is 0 Å². The second-order valence-corrected chi connectivity index (χ2v) is 13.4. The van der Waals surface area contributed by atoms with Crippen molar-refractivity contribution in [1.82, 2.24) is 19.7 Å². The Hall–Kier alpha value is -2.85. The lowest BCUT2D eigenvalue weighted by molar-refractivity contribution is -0.129. The van der Waals surface area contributed by atoms with Gasteiger partial charge in [-0.15, -0.1) is 10.2 Å². The van der Waals surface area contributed by atoms with Crippen LogP contribution in [-0.4, -0.2) is 70.9 Å². The first-order valence-electron chi connectivity index (χ1n) is 12.4. The summed E-state index contributed by atoms with van der Waals surface area (Å²) in [5.74, 6) is 1.63. The fourth-order valence-electron chi connectivity index (χ4n) is 4.50. The molecule has 1 aliphatic heterocycles. The molecule has 37 heavy (non-hydrogen) atoms. The number of rotatable bonds is 8. The van der Waals surface area contributed by atoms with Crippen LogP contribution in [0.5, 0.6) is 5.75 Å². The number of sulfone groups is 1. The average Bonchev–Trinajstić information content (AvgIpc) is 3.45. The maximum absolute atomic E-state index is 13.1. The van der Waals surface area contributed by atoms with Gasteiger partial charge in [-0.25, -0.2) is 8.42 Å². The monoisotopic (exact) mass is 542 g/mol. The quantitative estimate of drug-likeness (QED) is 0.390. The minimum Gasteiger partial charge on any atom is -0.497 e. The highest BCUT2D eigenvalue weighted by atomic mass is 32.2. The molecule has 1 atom stereocenters. The van der Waals surface area contributed by atoms with E-state index in [1.807, 2.05) is 47.9 Å². The third-order valence-corrected chi connectivity index (χ3v) is 9.27. The smallest absolute Gasteiger partial charge is 0.233 e.